The molecule has 1 aliphatic heterocycles. The number of hydrogen-bond donors (Lipinski definition) is 4. The van der Waals surface area contributed by atoms with Crippen LogP contribution in [0.5, 0.6) is 0 Å². The van der Waals surface area contributed by atoms with Crippen molar-refractivity contribution in [2.24, 2.45) is 64.6 Å². The van der Waals surface area contributed by atoms with Crippen LogP contribution in [0.2, 0.25) is 0 Å². The van der Waals surface area contributed by atoms with Crippen molar-refractivity contribution in [3.8, 4) is 0 Å². The van der Waals surface area contributed by atoms with Crippen LogP contribution in [0.3, 0.4) is 0 Å². The molecule has 8 fully saturated rings. The lowest BCUT2D eigenvalue weighted by Gasteiger charge is -2.62. The monoisotopic (exact) mass is 969 g/mol. The Labute approximate surface area is 418 Å². The maximum atomic E-state index is 15.0. The predicted octanol–water partition coefficient (Wildman–Crippen LogP) is 8.43. The molecule has 8 rings (SSSR count). The molecule has 0 aromatic heterocycles. The number of hydrogen-bond acceptors (Lipinski definition) is 10. The second kappa shape index (κ2) is 25.3. The number of methoxy groups -OCH3 is 1. The van der Waals surface area contributed by atoms with Gasteiger partial charge in [-0.1, -0.05) is 104 Å². The van der Waals surface area contributed by atoms with Gasteiger partial charge < -0.3 is 40.3 Å². The smallest absolute Gasteiger partial charge is 0.407 e. The third-order valence-corrected chi connectivity index (χ3v) is 19.8. The molecule has 2 bridgehead atoms. The average molecular weight is 969 g/mol. The molecule has 69 heavy (non-hydrogen) atoms. The topological polar surface area (TPSA) is 145 Å². The quantitative estimate of drug-likeness (QED) is 0.0828. The van der Waals surface area contributed by atoms with E-state index in [1.807, 2.05) is 19.1 Å². The molecule has 0 aromatic carbocycles. The molecule has 396 valence electrons. The Balaban J connectivity index is 1.04. The number of unbranched alkanes of at least 4 members (excludes halogenated alkanes) is 1. The van der Waals surface area contributed by atoms with E-state index < -0.39 is 30.3 Å². The number of fused-ring (bicyclic) bond motifs is 2. The molecule has 15 atom stereocenters. The van der Waals surface area contributed by atoms with Crippen LogP contribution in [0.4, 0.5) is 4.79 Å². The summed E-state index contributed by atoms with van der Waals surface area (Å²) in [6.07, 6.45) is 23.4. The number of aliphatic hydroxyl groups excluding tert-OH is 1. The molecule has 3 amide bonds. The first kappa shape index (κ1) is 54.7. The maximum absolute atomic E-state index is 15.0. The zero-order chi connectivity index (χ0) is 49.4. The summed E-state index contributed by atoms with van der Waals surface area (Å²) in [7, 11) is 10.4. The third-order valence-electron chi connectivity index (χ3n) is 19.8. The fourth-order valence-corrected chi connectivity index (χ4v) is 15.7. The Kier molecular flexibility index (Phi) is 20.0. The highest BCUT2D eigenvalue weighted by molar-refractivity contribution is 5.83. The number of rotatable bonds is 21. The van der Waals surface area contributed by atoms with Gasteiger partial charge in [0.2, 0.25) is 11.8 Å². The summed E-state index contributed by atoms with van der Waals surface area (Å²) in [5.41, 5.74) is 0.281. The lowest BCUT2D eigenvalue weighted by atomic mass is 9.45. The van der Waals surface area contributed by atoms with E-state index in [4.69, 9.17) is 14.3 Å². The van der Waals surface area contributed by atoms with Crippen molar-refractivity contribution >= 4 is 17.9 Å². The van der Waals surface area contributed by atoms with Crippen LogP contribution in [0.25, 0.3) is 0 Å². The van der Waals surface area contributed by atoms with E-state index in [9.17, 15) is 19.5 Å². The molecular formula is C56H100N6O7. The minimum atomic E-state index is -0.763. The van der Waals surface area contributed by atoms with Crippen molar-refractivity contribution in [3.05, 3.63) is 0 Å². The summed E-state index contributed by atoms with van der Waals surface area (Å²) < 4.78 is 12.7. The predicted molar refractivity (Wildman–Crippen MR) is 273 cm³/mol. The second-order valence-corrected chi connectivity index (χ2v) is 25.1. The standard InChI is InChI=1S/C56H100N6O7/c1-36-47-31-43(56(47,3)4)32-48(36)59-54(65)51-50(37(2)68-55(66)57-26-17-16-21-38-19-12-10-13-20-38)49(35-63)69-62(51)33-40-24-18-25-46(52(40)67-9)41-28-42(30-45(29-41)61(7)8)53(64)58-44(34-60(5)6)27-39-22-14-11-15-23-39/h36-52,63H,10-35H2,1-9H3,(H,57,66)(H,58,64)(H,59,65)/t36-,37-,40?,41?,42?,43+,44-,45?,46?,47-,48-,49-,50+,51-,52?/m0/s1. The van der Waals surface area contributed by atoms with Gasteiger partial charge in [0.05, 0.1) is 18.6 Å². The fraction of sp³-hybridized carbons (Fsp3) is 0.946. The second-order valence-electron chi connectivity index (χ2n) is 25.1. The van der Waals surface area contributed by atoms with Crippen molar-refractivity contribution in [2.75, 3.05) is 61.5 Å². The molecule has 4 N–H and O–H groups in total. The minimum Gasteiger partial charge on any atom is -0.446 e. The first-order chi connectivity index (χ1) is 33.1. The number of carbonyl (C=O) groups is 3. The van der Waals surface area contributed by atoms with Gasteiger partial charge in [0.25, 0.3) is 0 Å². The largest absolute Gasteiger partial charge is 0.446 e. The molecule has 7 aliphatic carbocycles. The van der Waals surface area contributed by atoms with E-state index in [0.29, 0.717) is 48.7 Å². The Morgan fingerprint density at radius 1 is 0.855 bits per heavy atom. The van der Waals surface area contributed by atoms with Gasteiger partial charge in [-0.2, -0.15) is 5.06 Å². The molecule has 13 heteroatoms. The van der Waals surface area contributed by atoms with Gasteiger partial charge in [-0.05, 0) is 140 Å². The summed E-state index contributed by atoms with van der Waals surface area (Å²) in [5.74, 6) is 3.05. The van der Waals surface area contributed by atoms with Gasteiger partial charge in [0, 0.05) is 56.7 Å². The number of aliphatic hydroxyl groups is 1. The van der Waals surface area contributed by atoms with Crippen LogP contribution in [0.15, 0.2) is 0 Å². The highest BCUT2D eigenvalue weighted by Gasteiger charge is 2.58. The fourth-order valence-electron chi connectivity index (χ4n) is 15.7. The van der Waals surface area contributed by atoms with Crippen LogP contribution in [0.1, 0.15) is 169 Å². The summed E-state index contributed by atoms with van der Waals surface area (Å²) in [6.45, 7) is 10.5. The molecule has 6 unspecified atom stereocenters. The van der Waals surface area contributed by atoms with E-state index in [2.05, 4.69) is 74.7 Å². The van der Waals surface area contributed by atoms with Crippen molar-refractivity contribution in [1.29, 1.82) is 0 Å². The highest BCUT2D eigenvalue weighted by atomic mass is 16.7. The Hall–Kier alpha value is -2.03. The Morgan fingerprint density at radius 3 is 2.20 bits per heavy atom. The van der Waals surface area contributed by atoms with E-state index in [1.165, 1.54) is 77.0 Å². The zero-order valence-electron chi connectivity index (χ0n) is 44.9. The number of alkyl carbamates (subject to hydrolysis) is 1. The lowest BCUT2D eigenvalue weighted by Crippen LogP contribution is -2.62. The van der Waals surface area contributed by atoms with Gasteiger partial charge in [-0.25, -0.2) is 4.79 Å². The number of nitrogens with one attached hydrogen (secondary N) is 3. The third kappa shape index (κ3) is 13.8. The van der Waals surface area contributed by atoms with Gasteiger partial charge in [0.15, 0.2) is 0 Å². The van der Waals surface area contributed by atoms with Gasteiger partial charge >= 0.3 is 6.09 Å². The molecule has 1 saturated heterocycles. The average Bonchev–Trinajstić information content (AvgIpc) is 3.70. The van der Waals surface area contributed by atoms with Crippen molar-refractivity contribution in [2.45, 2.75) is 211 Å². The summed E-state index contributed by atoms with van der Waals surface area (Å²) in [5, 5.41) is 22.9. The van der Waals surface area contributed by atoms with E-state index in [0.717, 1.165) is 76.7 Å². The Morgan fingerprint density at radius 2 is 1.57 bits per heavy atom. The molecule has 0 spiro atoms. The van der Waals surface area contributed by atoms with Crippen LogP contribution in [-0.2, 0) is 23.9 Å². The molecule has 0 aromatic rings. The van der Waals surface area contributed by atoms with Crippen LogP contribution in [0, 0.1) is 64.6 Å². The van der Waals surface area contributed by atoms with E-state index >= 15 is 0 Å². The van der Waals surface area contributed by atoms with Gasteiger partial charge in [0.1, 0.15) is 18.2 Å². The molecule has 7 saturated carbocycles. The van der Waals surface area contributed by atoms with Crippen molar-refractivity contribution < 1.29 is 33.8 Å². The molecule has 1 heterocycles. The van der Waals surface area contributed by atoms with Crippen LogP contribution >= 0.6 is 0 Å². The highest BCUT2D eigenvalue weighted by Crippen LogP contribution is 2.61. The summed E-state index contributed by atoms with van der Waals surface area (Å²) in [6, 6.07) is -0.265. The SMILES string of the molecule is COC1C(CN2O[C@@H](CO)[C@@H]([C@H](C)OC(=O)NCCCCC3CCCCC3)[C@H]2C(=O)N[C@H]2C[C@H]3C[C@@H]([C@@H]2C)C3(C)C)CCCC1C1CC(C(=O)N[C@@H](CC2CCCCC2)CN(C)C)CC(N(C)C)C1. The van der Waals surface area contributed by atoms with Gasteiger partial charge in [-0.3, -0.25) is 14.4 Å². The van der Waals surface area contributed by atoms with Gasteiger partial charge in [-0.15, -0.1) is 0 Å². The number of ether oxygens (including phenoxy) is 2. The Bertz CT molecular complexity index is 1620. The minimum absolute atomic E-state index is 0.0513. The number of carbonyl (C=O) groups excluding carboxylic acids is 3. The van der Waals surface area contributed by atoms with Crippen LogP contribution < -0.4 is 16.0 Å². The number of amides is 3. The zero-order valence-corrected chi connectivity index (χ0v) is 44.9. The lowest BCUT2D eigenvalue weighted by molar-refractivity contribution is -0.193. The summed E-state index contributed by atoms with van der Waals surface area (Å²) >= 11 is 0. The van der Waals surface area contributed by atoms with Crippen molar-refractivity contribution in [3.63, 3.8) is 0 Å². The van der Waals surface area contributed by atoms with Crippen LogP contribution in [-0.4, -0.2) is 142 Å². The van der Waals surface area contributed by atoms with E-state index in [-0.39, 0.29) is 59.8 Å². The first-order valence-corrected chi connectivity index (χ1v) is 28.5. The van der Waals surface area contributed by atoms with E-state index in [1.54, 1.807) is 0 Å². The molecule has 0 radical (unpaired) electrons. The number of nitrogens with zero attached hydrogens (tertiary/aromatic N) is 3. The molecule has 8 aliphatic rings. The number of hydroxylamine groups is 2. The van der Waals surface area contributed by atoms with Crippen molar-refractivity contribution in [1.82, 2.24) is 30.8 Å². The number of likely N-dealkylation sites (N-methyl/N-ethyl adjacent to an activating group) is 1. The maximum Gasteiger partial charge on any atom is 0.407 e. The first-order valence-electron chi connectivity index (χ1n) is 28.5. The molecule has 13 nitrogen and oxygen atoms in total. The normalized spacial score (nSPS) is 36.4. The summed E-state index contributed by atoms with van der Waals surface area (Å²) in [4.78, 5) is 54.1. The molecular weight excluding hydrogens is 869 g/mol.